The van der Waals surface area contributed by atoms with Crippen LogP contribution in [0.15, 0.2) is 23.5 Å². The van der Waals surface area contributed by atoms with Gasteiger partial charge >= 0.3 is 6.09 Å². The Balaban J connectivity index is 2.28. The number of methoxy groups -OCH3 is 1. The van der Waals surface area contributed by atoms with Crippen LogP contribution in [-0.2, 0) is 9.53 Å². The third kappa shape index (κ3) is 4.71. The number of hydrogen-bond donors (Lipinski definition) is 2. The lowest BCUT2D eigenvalue weighted by atomic mass is 10.1. The first-order valence-electron chi connectivity index (χ1n) is 8.26. The number of nitrogens with one attached hydrogen (secondary N) is 1. The van der Waals surface area contributed by atoms with Crippen LogP contribution in [0.25, 0.3) is 0 Å². The number of rotatable bonds is 3. The summed E-state index contributed by atoms with van der Waals surface area (Å²) >= 11 is 11.1. The predicted molar refractivity (Wildman–Crippen MR) is 106 cm³/mol. The summed E-state index contributed by atoms with van der Waals surface area (Å²) in [4.78, 5) is 25.7. The maximum Gasteiger partial charge on any atom is 0.417 e. The lowest BCUT2D eigenvalue weighted by Crippen LogP contribution is -2.46. The van der Waals surface area contributed by atoms with Gasteiger partial charge in [0, 0.05) is 13.0 Å². The highest BCUT2D eigenvalue weighted by Gasteiger charge is 2.36. The standard InChI is InChI=1S/C18H20ClFN2O5S/c1-18(2,3)27-17(25)22-8-7-11(23)12(16(22)24)15(28)21-10-6-5-9(20)13(19)14(10)26-4/h5-6,23H,7-8H2,1-4H3,(H,21,28). The van der Waals surface area contributed by atoms with E-state index in [4.69, 9.17) is 33.3 Å². The smallest absolute Gasteiger partial charge is 0.417 e. The van der Waals surface area contributed by atoms with Crippen LogP contribution in [0.3, 0.4) is 0 Å². The number of hydrogen-bond acceptors (Lipinski definition) is 6. The van der Waals surface area contributed by atoms with Crippen LogP contribution in [0.1, 0.15) is 27.2 Å². The maximum atomic E-state index is 13.6. The molecule has 1 aliphatic rings. The number of benzene rings is 1. The number of nitrogens with zero attached hydrogens (tertiary/aromatic N) is 1. The Bertz CT molecular complexity index is 866. The monoisotopic (exact) mass is 430 g/mol. The van der Waals surface area contributed by atoms with Gasteiger partial charge in [-0.15, -0.1) is 0 Å². The summed E-state index contributed by atoms with van der Waals surface area (Å²) < 4.78 is 23.9. The third-order valence-corrected chi connectivity index (χ3v) is 4.32. The van der Waals surface area contributed by atoms with Crippen LogP contribution < -0.4 is 10.1 Å². The average molecular weight is 431 g/mol. The first-order chi connectivity index (χ1) is 13.0. The van der Waals surface area contributed by atoms with Crippen molar-refractivity contribution >= 4 is 46.5 Å². The van der Waals surface area contributed by atoms with Gasteiger partial charge in [0.25, 0.3) is 5.91 Å². The molecule has 0 unspecified atom stereocenters. The van der Waals surface area contributed by atoms with Crippen molar-refractivity contribution in [3.05, 3.63) is 34.3 Å². The molecule has 2 N–H and O–H groups in total. The molecule has 1 aromatic rings. The first-order valence-corrected chi connectivity index (χ1v) is 9.05. The van der Waals surface area contributed by atoms with Gasteiger partial charge in [-0.3, -0.25) is 4.79 Å². The Hall–Kier alpha value is -2.39. The maximum absolute atomic E-state index is 13.6. The van der Waals surface area contributed by atoms with Crippen LogP contribution in [-0.4, -0.2) is 46.3 Å². The Morgan fingerprint density at radius 2 is 2.04 bits per heavy atom. The number of carbonyl (C=O) groups is 2. The fraction of sp³-hybridized carbons (Fsp3) is 0.389. The van der Waals surface area contributed by atoms with Gasteiger partial charge in [0.2, 0.25) is 0 Å². The summed E-state index contributed by atoms with van der Waals surface area (Å²) in [5.74, 6) is -1.78. The van der Waals surface area contributed by atoms with E-state index in [0.717, 1.165) is 11.0 Å². The van der Waals surface area contributed by atoms with Crippen molar-refractivity contribution in [1.82, 2.24) is 4.90 Å². The molecule has 152 valence electrons. The molecule has 7 nitrogen and oxygen atoms in total. The quantitative estimate of drug-likeness (QED) is 0.694. The van der Waals surface area contributed by atoms with Crippen molar-refractivity contribution in [2.24, 2.45) is 0 Å². The van der Waals surface area contributed by atoms with Crippen molar-refractivity contribution in [3.63, 3.8) is 0 Å². The van der Waals surface area contributed by atoms with Crippen LogP contribution in [0.2, 0.25) is 5.02 Å². The summed E-state index contributed by atoms with van der Waals surface area (Å²) in [5, 5.41) is 12.6. The van der Waals surface area contributed by atoms with Gasteiger partial charge in [0.1, 0.15) is 32.8 Å². The van der Waals surface area contributed by atoms with E-state index in [1.807, 2.05) is 0 Å². The minimum absolute atomic E-state index is 0.0173. The highest BCUT2D eigenvalue weighted by molar-refractivity contribution is 7.81. The SMILES string of the molecule is COc1c(NC(=S)C2=C(O)CCN(C(=O)OC(C)(C)C)C2=O)ccc(F)c1Cl. The Morgan fingerprint density at radius 3 is 2.61 bits per heavy atom. The number of aliphatic hydroxyl groups is 1. The zero-order valence-electron chi connectivity index (χ0n) is 15.8. The molecule has 0 saturated carbocycles. The number of amides is 2. The van der Waals surface area contributed by atoms with Gasteiger partial charge < -0.3 is 19.9 Å². The summed E-state index contributed by atoms with van der Waals surface area (Å²) in [6.07, 6.45) is -0.823. The predicted octanol–water partition coefficient (Wildman–Crippen LogP) is 4.21. The van der Waals surface area contributed by atoms with Crippen LogP contribution in [0.5, 0.6) is 5.75 Å². The van der Waals surface area contributed by atoms with Crippen LogP contribution in [0.4, 0.5) is 14.9 Å². The highest BCUT2D eigenvalue weighted by Crippen LogP contribution is 2.35. The van der Waals surface area contributed by atoms with Gasteiger partial charge in [-0.25, -0.2) is 14.1 Å². The molecule has 1 heterocycles. The molecular weight excluding hydrogens is 411 g/mol. The van der Waals surface area contributed by atoms with Crippen LogP contribution in [0, 0.1) is 5.82 Å². The second-order valence-corrected chi connectivity index (χ2v) is 7.69. The van der Waals surface area contributed by atoms with Crippen molar-refractivity contribution in [2.75, 3.05) is 19.0 Å². The molecule has 0 spiro atoms. The van der Waals surface area contributed by atoms with Gasteiger partial charge in [0.05, 0.1) is 12.8 Å². The number of thiocarbonyl (C=S) groups is 1. The average Bonchev–Trinajstić information content (AvgIpc) is 2.57. The summed E-state index contributed by atoms with van der Waals surface area (Å²) in [7, 11) is 1.29. The minimum Gasteiger partial charge on any atom is -0.511 e. The number of anilines is 1. The third-order valence-electron chi connectivity index (χ3n) is 3.66. The summed E-state index contributed by atoms with van der Waals surface area (Å²) in [5.41, 5.74) is -0.853. The topological polar surface area (TPSA) is 88.1 Å². The molecule has 0 bridgehead atoms. The Labute approximate surface area is 172 Å². The molecule has 10 heteroatoms. The second kappa shape index (κ2) is 8.32. The molecule has 0 fully saturated rings. The molecule has 0 aromatic heterocycles. The van der Waals surface area contributed by atoms with Gasteiger partial charge in [0.15, 0.2) is 5.75 Å². The Morgan fingerprint density at radius 1 is 1.39 bits per heavy atom. The van der Waals surface area contributed by atoms with Crippen molar-refractivity contribution in [3.8, 4) is 5.75 Å². The van der Waals surface area contributed by atoms with E-state index in [9.17, 15) is 19.1 Å². The summed E-state index contributed by atoms with van der Waals surface area (Å²) in [6, 6.07) is 2.42. The number of halogens is 2. The van der Waals surface area contributed by atoms with Crippen molar-refractivity contribution < 1.29 is 28.6 Å². The molecule has 0 radical (unpaired) electrons. The minimum atomic E-state index is -0.840. The van der Waals surface area contributed by atoms with E-state index in [0.29, 0.717) is 0 Å². The first kappa shape index (κ1) is 21.9. The van der Waals surface area contributed by atoms with E-state index >= 15 is 0 Å². The number of carbonyl (C=O) groups excluding carboxylic acids is 2. The molecule has 2 amide bonds. The Kier molecular flexibility index (Phi) is 6.51. The molecule has 0 saturated heterocycles. The molecule has 1 aliphatic heterocycles. The molecular formula is C18H20ClFN2O5S. The lowest BCUT2D eigenvalue weighted by molar-refractivity contribution is -0.126. The highest BCUT2D eigenvalue weighted by atomic mass is 35.5. The van der Waals surface area contributed by atoms with Gasteiger partial charge in [-0.2, -0.15) is 0 Å². The zero-order chi connectivity index (χ0) is 21.2. The van der Waals surface area contributed by atoms with Crippen molar-refractivity contribution in [2.45, 2.75) is 32.8 Å². The number of imide groups is 1. The normalized spacial score (nSPS) is 14.8. The molecule has 0 aliphatic carbocycles. The fourth-order valence-corrected chi connectivity index (χ4v) is 2.99. The van der Waals surface area contributed by atoms with Gasteiger partial charge in [-0.1, -0.05) is 23.8 Å². The van der Waals surface area contributed by atoms with E-state index in [2.05, 4.69) is 5.32 Å². The summed E-state index contributed by atoms with van der Waals surface area (Å²) in [6.45, 7) is 4.97. The van der Waals surface area contributed by atoms with E-state index < -0.39 is 23.4 Å². The molecule has 1 aromatic carbocycles. The fourth-order valence-electron chi connectivity index (χ4n) is 2.44. The van der Waals surface area contributed by atoms with Crippen molar-refractivity contribution in [1.29, 1.82) is 0 Å². The zero-order valence-corrected chi connectivity index (χ0v) is 17.3. The van der Waals surface area contributed by atoms with E-state index in [1.165, 1.54) is 13.2 Å². The number of ether oxygens (including phenoxy) is 2. The molecule has 2 rings (SSSR count). The van der Waals surface area contributed by atoms with E-state index in [-0.39, 0.29) is 45.7 Å². The number of aliphatic hydroxyl groups excluding tert-OH is 1. The van der Waals surface area contributed by atoms with Gasteiger partial charge in [-0.05, 0) is 32.9 Å². The lowest BCUT2D eigenvalue weighted by Gasteiger charge is -2.30. The molecule has 28 heavy (non-hydrogen) atoms. The second-order valence-electron chi connectivity index (χ2n) is 6.91. The largest absolute Gasteiger partial charge is 0.511 e. The van der Waals surface area contributed by atoms with E-state index in [1.54, 1.807) is 20.8 Å². The van der Waals surface area contributed by atoms with Crippen LogP contribution >= 0.6 is 23.8 Å². The molecule has 0 atom stereocenters.